The molecule has 218 valence electrons. The monoisotopic (exact) mass is 564 g/mol. The van der Waals surface area contributed by atoms with Crippen LogP contribution in [-0.4, -0.2) is 54.5 Å². The highest BCUT2D eigenvalue weighted by molar-refractivity contribution is 6.17. The molecule has 3 aromatic carbocycles. The van der Waals surface area contributed by atoms with Gasteiger partial charge in [0.05, 0.1) is 54.8 Å². The Morgan fingerprint density at radius 3 is 1.61 bits per heavy atom. The van der Waals surface area contributed by atoms with Gasteiger partial charge in [-0.25, -0.2) is 0 Å². The van der Waals surface area contributed by atoms with Crippen LogP contribution in [0.2, 0.25) is 0 Å². The van der Waals surface area contributed by atoms with Crippen molar-refractivity contribution in [3.63, 3.8) is 0 Å². The molecule has 41 heavy (non-hydrogen) atoms. The summed E-state index contributed by atoms with van der Waals surface area (Å²) in [6, 6.07) is 14.3. The first kappa shape index (κ1) is 29.4. The minimum atomic E-state index is -1.38. The van der Waals surface area contributed by atoms with Crippen molar-refractivity contribution in [1.29, 1.82) is 0 Å². The fourth-order valence-corrected chi connectivity index (χ4v) is 5.13. The van der Waals surface area contributed by atoms with Gasteiger partial charge in [-0.2, -0.15) is 0 Å². The number of benzene rings is 3. The Kier molecular flexibility index (Phi) is 8.51. The van der Waals surface area contributed by atoms with Gasteiger partial charge in [-0.3, -0.25) is 14.5 Å². The predicted octanol–water partition coefficient (Wildman–Crippen LogP) is 5.13. The standard InChI is InChI=1S/C31H36N2O8/c1-18(2)19-9-11-20(12-10-19)31(30(35)32-21-13-23(36-3)28(40-7)24(14-21)37-4)17-27(34)33(31)22-15-25(38-5)29(41-8)26(16-22)39-6/h9-16,18H,17H2,1-8H3,(H,32,35). The maximum atomic E-state index is 14.3. The molecular formula is C31H36N2O8. The third kappa shape index (κ3) is 5.05. The summed E-state index contributed by atoms with van der Waals surface area (Å²) in [6.45, 7) is 4.19. The van der Waals surface area contributed by atoms with Crippen LogP contribution < -0.4 is 38.6 Å². The molecule has 0 aromatic heterocycles. The number of rotatable bonds is 11. The number of carbonyl (C=O) groups excluding carboxylic acids is 2. The van der Waals surface area contributed by atoms with Crippen molar-refractivity contribution in [2.45, 2.75) is 31.7 Å². The topological polar surface area (TPSA) is 105 Å². The second-order valence-corrected chi connectivity index (χ2v) is 9.79. The lowest BCUT2D eigenvalue weighted by molar-refractivity contribution is -0.137. The molecule has 1 aliphatic heterocycles. The zero-order chi connectivity index (χ0) is 29.9. The van der Waals surface area contributed by atoms with E-state index in [0.29, 0.717) is 57.4 Å². The zero-order valence-electron chi connectivity index (χ0n) is 24.6. The number of anilines is 2. The Morgan fingerprint density at radius 1 is 0.756 bits per heavy atom. The molecule has 1 aliphatic rings. The Hall–Kier alpha value is -4.60. The molecule has 0 radical (unpaired) electrons. The summed E-state index contributed by atoms with van der Waals surface area (Å²) < 4.78 is 32.9. The molecule has 1 unspecified atom stereocenters. The first-order valence-corrected chi connectivity index (χ1v) is 13.0. The van der Waals surface area contributed by atoms with Gasteiger partial charge in [0.2, 0.25) is 17.4 Å². The van der Waals surface area contributed by atoms with E-state index in [-0.39, 0.29) is 12.3 Å². The molecule has 10 heteroatoms. The second kappa shape index (κ2) is 11.9. The van der Waals surface area contributed by atoms with Crippen molar-refractivity contribution in [3.8, 4) is 34.5 Å². The average molecular weight is 565 g/mol. The molecule has 0 saturated carbocycles. The van der Waals surface area contributed by atoms with Crippen LogP contribution in [0.15, 0.2) is 48.5 Å². The summed E-state index contributed by atoms with van der Waals surface area (Å²) in [7, 11) is 8.99. The average Bonchev–Trinajstić information content (AvgIpc) is 2.98. The fourth-order valence-electron chi connectivity index (χ4n) is 5.13. The van der Waals surface area contributed by atoms with Crippen LogP contribution in [0.4, 0.5) is 11.4 Å². The molecular weight excluding hydrogens is 528 g/mol. The quantitative estimate of drug-likeness (QED) is 0.320. The molecule has 1 atom stereocenters. The fraction of sp³-hybridized carbons (Fsp3) is 0.355. The SMILES string of the molecule is COc1cc(NC(=O)C2(c3ccc(C(C)C)cc3)CC(=O)N2c2cc(OC)c(OC)c(OC)c2)cc(OC)c1OC. The van der Waals surface area contributed by atoms with Gasteiger partial charge in [0.1, 0.15) is 0 Å². The molecule has 1 fully saturated rings. The van der Waals surface area contributed by atoms with Crippen LogP contribution in [0.25, 0.3) is 0 Å². The smallest absolute Gasteiger partial charge is 0.255 e. The first-order chi connectivity index (χ1) is 19.7. The number of nitrogens with zero attached hydrogens (tertiary/aromatic N) is 1. The van der Waals surface area contributed by atoms with Crippen LogP contribution in [0, 0.1) is 0 Å². The summed E-state index contributed by atoms with van der Waals surface area (Å²) in [5.74, 6) is 1.87. The number of hydrogen-bond donors (Lipinski definition) is 1. The van der Waals surface area contributed by atoms with Crippen molar-refractivity contribution >= 4 is 23.2 Å². The lowest BCUT2D eigenvalue weighted by Gasteiger charge is -2.50. The van der Waals surface area contributed by atoms with E-state index in [1.807, 2.05) is 24.3 Å². The molecule has 1 N–H and O–H groups in total. The Labute approximate surface area is 240 Å². The van der Waals surface area contributed by atoms with Crippen LogP contribution in [0.1, 0.15) is 37.3 Å². The lowest BCUT2D eigenvalue weighted by Crippen LogP contribution is -2.67. The van der Waals surface area contributed by atoms with Crippen LogP contribution in [0.3, 0.4) is 0 Å². The molecule has 1 saturated heterocycles. The number of hydrogen-bond acceptors (Lipinski definition) is 8. The molecule has 0 spiro atoms. The number of amides is 2. The van der Waals surface area contributed by atoms with Crippen LogP contribution in [-0.2, 0) is 15.1 Å². The summed E-state index contributed by atoms with van der Waals surface area (Å²) in [4.78, 5) is 29.2. The minimum absolute atomic E-state index is 0.0546. The van der Waals surface area contributed by atoms with Crippen molar-refractivity contribution < 1.29 is 38.0 Å². The van der Waals surface area contributed by atoms with Gasteiger partial charge in [0, 0.05) is 30.0 Å². The summed E-state index contributed by atoms with van der Waals surface area (Å²) in [6.07, 6.45) is -0.0546. The van der Waals surface area contributed by atoms with Gasteiger partial charge >= 0.3 is 0 Å². The molecule has 0 bridgehead atoms. The number of methoxy groups -OCH3 is 6. The van der Waals surface area contributed by atoms with E-state index >= 15 is 0 Å². The molecule has 2 amide bonds. The summed E-state index contributed by atoms with van der Waals surface area (Å²) >= 11 is 0. The Morgan fingerprint density at radius 2 is 1.22 bits per heavy atom. The van der Waals surface area contributed by atoms with Crippen molar-refractivity contribution in [2.24, 2.45) is 0 Å². The number of nitrogens with one attached hydrogen (secondary N) is 1. The van der Waals surface area contributed by atoms with Crippen molar-refractivity contribution in [2.75, 3.05) is 52.9 Å². The van der Waals surface area contributed by atoms with E-state index in [1.165, 1.54) is 47.6 Å². The maximum absolute atomic E-state index is 14.3. The number of carbonyl (C=O) groups is 2. The van der Waals surface area contributed by atoms with Gasteiger partial charge < -0.3 is 33.7 Å². The normalized spacial score (nSPS) is 16.1. The van der Waals surface area contributed by atoms with E-state index in [4.69, 9.17) is 28.4 Å². The highest BCUT2D eigenvalue weighted by atomic mass is 16.5. The summed E-state index contributed by atoms with van der Waals surface area (Å²) in [5, 5.41) is 2.99. The second-order valence-electron chi connectivity index (χ2n) is 9.79. The lowest BCUT2D eigenvalue weighted by atomic mass is 9.75. The van der Waals surface area contributed by atoms with Gasteiger partial charge in [-0.15, -0.1) is 0 Å². The first-order valence-electron chi connectivity index (χ1n) is 13.0. The van der Waals surface area contributed by atoms with Crippen molar-refractivity contribution in [1.82, 2.24) is 0 Å². The number of ether oxygens (including phenoxy) is 6. The van der Waals surface area contributed by atoms with Crippen LogP contribution >= 0.6 is 0 Å². The predicted molar refractivity (Wildman–Crippen MR) is 155 cm³/mol. The molecule has 10 nitrogen and oxygen atoms in total. The Bertz CT molecular complexity index is 1390. The highest BCUT2D eigenvalue weighted by Gasteiger charge is 2.59. The maximum Gasteiger partial charge on any atom is 0.255 e. The largest absolute Gasteiger partial charge is 0.493 e. The van der Waals surface area contributed by atoms with Gasteiger partial charge in [-0.1, -0.05) is 38.1 Å². The minimum Gasteiger partial charge on any atom is -0.493 e. The zero-order valence-corrected chi connectivity index (χ0v) is 24.6. The van der Waals surface area contributed by atoms with E-state index < -0.39 is 11.4 Å². The third-order valence-corrected chi connectivity index (χ3v) is 7.30. The van der Waals surface area contributed by atoms with E-state index in [2.05, 4.69) is 19.2 Å². The van der Waals surface area contributed by atoms with Gasteiger partial charge in [0.25, 0.3) is 5.91 Å². The van der Waals surface area contributed by atoms with E-state index in [9.17, 15) is 9.59 Å². The molecule has 1 heterocycles. The van der Waals surface area contributed by atoms with Gasteiger partial charge in [0.15, 0.2) is 28.5 Å². The van der Waals surface area contributed by atoms with E-state index in [1.54, 1.807) is 24.3 Å². The highest BCUT2D eigenvalue weighted by Crippen LogP contribution is 2.50. The molecule has 3 aromatic rings. The third-order valence-electron chi connectivity index (χ3n) is 7.30. The number of β-lactam (4-membered cyclic amide) rings is 1. The Balaban J connectivity index is 1.87. The van der Waals surface area contributed by atoms with Crippen molar-refractivity contribution in [3.05, 3.63) is 59.7 Å². The summed E-state index contributed by atoms with van der Waals surface area (Å²) in [5.41, 5.74) is 1.21. The van der Waals surface area contributed by atoms with Crippen LogP contribution in [0.5, 0.6) is 34.5 Å². The molecule has 0 aliphatic carbocycles. The molecule has 4 rings (SSSR count). The van der Waals surface area contributed by atoms with Gasteiger partial charge in [-0.05, 0) is 17.0 Å². The van der Waals surface area contributed by atoms with E-state index in [0.717, 1.165) is 5.56 Å².